The third-order valence-electron chi connectivity index (χ3n) is 13.3. The van der Waals surface area contributed by atoms with Crippen LogP contribution in [0.5, 0.6) is 0 Å². The Morgan fingerprint density at radius 2 is 1.12 bits per heavy atom. The van der Waals surface area contributed by atoms with Crippen LogP contribution in [-0.4, -0.2) is 85.3 Å². The number of ether oxygens (including phenoxy) is 1. The minimum Gasteiger partial charge on any atom is -0.368 e. The molecule has 4 fully saturated rings. The van der Waals surface area contributed by atoms with Crippen LogP contribution < -0.4 is 0 Å². The molecule has 4 aromatic carbocycles. The van der Waals surface area contributed by atoms with Crippen molar-refractivity contribution in [2.75, 3.05) is 32.8 Å². The Hall–Kier alpha value is -5.84. The summed E-state index contributed by atoms with van der Waals surface area (Å²) in [6.45, 7) is 3.93. The molecule has 0 saturated carbocycles. The monoisotopic (exact) mass is 799 g/mol. The Labute approximate surface area is 352 Å². The number of imidazole rings is 2. The third kappa shape index (κ3) is 7.70. The van der Waals surface area contributed by atoms with E-state index in [1.54, 1.807) is 0 Å². The largest absolute Gasteiger partial charge is 0.368 e. The van der Waals surface area contributed by atoms with Gasteiger partial charge in [0.15, 0.2) is 0 Å². The van der Waals surface area contributed by atoms with Crippen LogP contribution in [0.25, 0.3) is 33.6 Å². The lowest BCUT2D eigenvalue weighted by Crippen LogP contribution is -2.45. The lowest BCUT2D eigenvalue weighted by molar-refractivity contribution is -0.142. The highest BCUT2D eigenvalue weighted by atomic mass is 16.5. The van der Waals surface area contributed by atoms with Crippen molar-refractivity contribution in [3.05, 3.63) is 144 Å². The SMILES string of the molecule is O=C(C(c1ccccc1)N1CCC(c2ccccc2)CC1)N1CCC[C@H]1c1ncc(-c2ccc(-c3ccc(-c4cnc([C@@H]5CCCN5C(=O)[C@H]5CCCO5)[nH]4)cc3)cc2)[nH]1. The number of benzene rings is 4. The molecule has 60 heavy (non-hydrogen) atoms. The van der Waals surface area contributed by atoms with Gasteiger partial charge < -0.3 is 24.5 Å². The number of rotatable bonds is 10. The van der Waals surface area contributed by atoms with Gasteiger partial charge in [0.05, 0.1) is 35.9 Å². The number of likely N-dealkylation sites (tertiary alicyclic amines) is 3. The molecule has 4 aliphatic heterocycles. The smallest absolute Gasteiger partial charge is 0.252 e. The summed E-state index contributed by atoms with van der Waals surface area (Å²) in [4.78, 5) is 51.0. The van der Waals surface area contributed by atoms with Crippen molar-refractivity contribution in [1.82, 2.24) is 34.6 Å². The first-order valence-electron chi connectivity index (χ1n) is 21.9. The van der Waals surface area contributed by atoms with Crippen LogP contribution in [0, 0.1) is 0 Å². The third-order valence-corrected chi connectivity index (χ3v) is 13.3. The van der Waals surface area contributed by atoms with Crippen LogP contribution in [0.4, 0.5) is 0 Å². The first-order valence-corrected chi connectivity index (χ1v) is 21.9. The van der Waals surface area contributed by atoms with E-state index in [4.69, 9.17) is 14.7 Å². The van der Waals surface area contributed by atoms with Gasteiger partial charge in [-0.1, -0.05) is 109 Å². The molecule has 10 rings (SSSR count). The van der Waals surface area contributed by atoms with Gasteiger partial charge in [-0.3, -0.25) is 14.5 Å². The normalized spacial score (nSPS) is 21.8. The topological polar surface area (TPSA) is 110 Å². The van der Waals surface area contributed by atoms with Crippen LogP contribution in [0.15, 0.2) is 122 Å². The fourth-order valence-corrected chi connectivity index (χ4v) is 10.1. The molecule has 2 aromatic heterocycles. The van der Waals surface area contributed by atoms with Crippen LogP contribution in [-0.2, 0) is 14.3 Å². The lowest BCUT2D eigenvalue weighted by Gasteiger charge is -2.39. The Morgan fingerprint density at radius 3 is 1.68 bits per heavy atom. The molecule has 4 aliphatic rings. The zero-order valence-corrected chi connectivity index (χ0v) is 34.1. The molecule has 0 radical (unpaired) electrons. The van der Waals surface area contributed by atoms with Gasteiger partial charge >= 0.3 is 0 Å². The summed E-state index contributed by atoms with van der Waals surface area (Å²) < 4.78 is 5.70. The minimum absolute atomic E-state index is 0.0375. The van der Waals surface area contributed by atoms with Gasteiger partial charge in [-0.15, -0.1) is 0 Å². The molecule has 0 bridgehead atoms. The summed E-state index contributed by atoms with van der Waals surface area (Å²) in [6.07, 6.45) is 11.0. The van der Waals surface area contributed by atoms with E-state index in [1.165, 1.54) is 5.56 Å². The second kappa shape index (κ2) is 17.0. The Bertz CT molecular complexity index is 2380. The molecule has 0 spiro atoms. The van der Waals surface area contributed by atoms with Crippen molar-refractivity contribution >= 4 is 11.8 Å². The van der Waals surface area contributed by atoms with Gasteiger partial charge in [-0.05, 0) is 104 Å². The second-order valence-corrected chi connectivity index (χ2v) is 16.9. The number of carbonyl (C=O) groups is 2. The highest BCUT2D eigenvalue weighted by Gasteiger charge is 2.40. The van der Waals surface area contributed by atoms with Gasteiger partial charge in [-0.2, -0.15) is 0 Å². The molecular weight excluding hydrogens is 747 g/mol. The van der Waals surface area contributed by atoms with Crippen molar-refractivity contribution in [2.24, 2.45) is 0 Å². The molecule has 306 valence electrons. The van der Waals surface area contributed by atoms with E-state index < -0.39 is 0 Å². The predicted molar refractivity (Wildman–Crippen MR) is 233 cm³/mol. The highest BCUT2D eigenvalue weighted by molar-refractivity contribution is 5.84. The Balaban J connectivity index is 0.800. The Morgan fingerprint density at radius 1 is 0.583 bits per heavy atom. The second-order valence-electron chi connectivity index (χ2n) is 16.9. The first-order chi connectivity index (χ1) is 29.6. The molecule has 0 aliphatic carbocycles. The number of nitrogens with zero attached hydrogens (tertiary/aromatic N) is 5. The van der Waals surface area contributed by atoms with E-state index in [-0.39, 0.29) is 36.0 Å². The number of nitrogens with one attached hydrogen (secondary N) is 2. The van der Waals surface area contributed by atoms with Crippen LogP contribution in [0.1, 0.15) is 98.2 Å². The number of hydrogen-bond donors (Lipinski definition) is 2. The number of H-pyrrole nitrogens is 2. The van der Waals surface area contributed by atoms with Gasteiger partial charge in [0.2, 0.25) is 5.91 Å². The highest BCUT2D eigenvalue weighted by Crippen LogP contribution is 2.39. The fraction of sp³-hybridized carbons (Fsp3) is 0.360. The minimum atomic E-state index is -0.312. The van der Waals surface area contributed by atoms with E-state index in [9.17, 15) is 9.59 Å². The summed E-state index contributed by atoms with van der Waals surface area (Å²) in [5.41, 5.74) is 8.70. The van der Waals surface area contributed by atoms with Gasteiger partial charge in [-0.25, -0.2) is 9.97 Å². The fourth-order valence-electron chi connectivity index (χ4n) is 10.1. The number of carbonyl (C=O) groups excluding carboxylic acids is 2. The summed E-state index contributed by atoms with van der Waals surface area (Å²) in [7, 11) is 0. The van der Waals surface area contributed by atoms with Crippen molar-refractivity contribution in [3.8, 4) is 33.6 Å². The van der Waals surface area contributed by atoms with E-state index in [2.05, 4.69) is 111 Å². The van der Waals surface area contributed by atoms with Gasteiger partial charge in [0.1, 0.15) is 23.8 Å². The average molecular weight is 800 g/mol. The number of aromatic amines is 2. The lowest BCUT2D eigenvalue weighted by atomic mass is 9.88. The number of amides is 2. The molecule has 6 aromatic rings. The predicted octanol–water partition coefficient (Wildman–Crippen LogP) is 9.26. The molecule has 6 heterocycles. The maximum absolute atomic E-state index is 14.7. The summed E-state index contributed by atoms with van der Waals surface area (Å²) >= 11 is 0. The first kappa shape index (κ1) is 38.4. The van der Waals surface area contributed by atoms with Gasteiger partial charge in [0.25, 0.3) is 5.91 Å². The molecule has 2 N–H and O–H groups in total. The number of aromatic nitrogens is 4. The van der Waals surface area contributed by atoms with E-state index >= 15 is 0 Å². The van der Waals surface area contributed by atoms with Crippen molar-refractivity contribution in [3.63, 3.8) is 0 Å². The molecule has 10 nitrogen and oxygen atoms in total. The van der Waals surface area contributed by atoms with E-state index in [0.717, 1.165) is 128 Å². The maximum atomic E-state index is 14.7. The molecule has 4 atom stereocenters. The molecule has 1 unspecified atom stereocenters. The van der Waals surface area contributed by atoms with Crippen molar-refractivity contribution in [2.45, 2.75) is 81.5 Å². The van der Waals surface area contributed by atoms with Gasteiger partial charge in [0, 0.05) is 19.7 Å². The summed E-state index contributed by atoms with van der Waals surface area (Å²) in [5.74, 6) is 2.49. The quantitative estimate of drug-likeness (QED) is 0.143. The Kier molecular flexibility index (Phi) is 10.9. The maximum Gasteiger partial charge on any atom is 0.252 e. The molecule has 10 heteroatoms. The molecule has 2 amide bonds. The van der Waals surface area contributed by atoms with E-state index in [0.29, 0.717) is 12.5 Å². The zero-order valence-electron chi connectivity index (χ0n) is 34.1. The van der Waals surface area contributed by atoms with Crippen molar-refractivity contribution in [1.29, 1.82) is 0 Å². The van der Waals surface area contributed by atoms with E-state index in [1.807, 2.05) is 35.5 Å². The number of piperidine rings is 1. The summed E-state index contributed by atoms with van der Waals surface area (Å²) in [6, 6.07) is 37.8. The standard InChI is InChI=1S/C50H53N7O3/c58-49(45-16-9-31-60-45)56-27-7-14-43(56)47-51-32-41(53-47)38-21-17-35(18-22-38)36-19-23-39(24-20-36)42-33-52-48(54-42)44-15-8-28-57(44)50(59)46(40-12-5-2-6-13-40)55-29-25-37(26-30-55)34-10-3-1-4-11-34/h1-6,10-13,17-24,32-33,37,43-46H,7-9,14-16,25-31H2,(H,51,53)(H,52,54)/t43-,44-,45+,46?/m0/s1. The van der Waals surface area contributed by atoms with Crippen molar-refractivity contribution < 1.29 is 14.3 Å². The van der Waals surface area contributed by atoms with Crippen LogP contribution in [0.3, 0.4) is 0 Å². The van der Waals surface area contributed by atoms with Crippen LogP contribution >= 0.6 is 0 Å². The molecule has 4 saturated heterocycles. The molecular formula is C50H53N7O3. The summed E-state index contributed by atoms with van der Waals surface area (Å²) in [5, 5.41) is 0. The number of hydrogen-bond acceptors (Lipinski definition) is 6. The zero-order chi connectivity index (χ0) is 40.4. The average Bonchev–Trinajstić information content (AvgIpc) is 4.17. The van der Waals surface area contributed by atoms with Crippen LogP contribution in [0.2, 0.25) is 0 Å².